The summed E-state index contributed by atoms with van der Waals surface area (Å²) < 4.78 is 1.70. The van der Waals surface area contributed by atoms with Crippen molar-refractivity contribution in [2.45, 2.75) is 19.9 Å². The minimum atomic E-state index is -0.911. The average molecular weight is 211 g/mol. The number of hydrogen-bond acceptors (Lipinski definition) is 3. The van der Waals surface area contributed by atoms with E-state index in [1.54, 1.807) is 17.8 Å². The summed E-state index contributed by atoms with van der Waals surface area (Å²) in [6, 6.07) is 0. The van der Waals surface area contributed by atoms with E-state index in [2.05, 4.69) is 10.00 Å². The standard InChI is InChI=1S/C10H17N3O2/c1-8-9(10(14)15)7-13(11-8)6-4-5-12(2)3/h7H,4-6H2,1-3H3,(H,14,15). The Labute approximate surface area is 89.3 Å². The molecule has 0 fully saturated rings. The van der Waals surface area contributed by atoms with Crippen molar-refractivity contribution in [1.29, 1.82) is 0 Å². The number of carbonyl (C=O) groups is 1. The summed E-state index contributed by atoms with van der Waals surface area (Å²) in [7, 11) is 4.02. The first-order valence-corrected chi connectivity index (χ1v) is 4.93. The molecule has 1 aromatic rings. The Kier molecular flexibility index (Phi) is 3.85. The Morgan fingerprint density at radius 1 is 1.60 bits per heavy atom. The second-order valence-electron chi connectivity index (χ2n) is 3.85. The summed E-state index contributed by atoms with van der Waals surface area (Å²) in [4.78, 5) is 12.8. The lowest BCUT2D eigenvalue weighted by Crippen LogP contribution is -2.15. The first-order chi connectivity index (χ1) is 7.00. The minimum Gasteiger partial charge on any atom is -0.478 e. The molecule has 5 nitrogen and oxygen atoms in total. The van der Waals surface area contributed by atoms with Crippen LogP contribution in [0.1, 0.15) is 22.5 Å². The van der Waals surface area contributed by atoms with Crippen LogP contribution in [0.25, 0.3) is 0 Å². The summed E-state index contributed by atoms with van der Waals surface area (Å²) in [5, 5.41) is 13.0. The van der Waals surface area contributed by atoms with Gasteiger partial charge in [-0.25, -0.2) is 4.79 Å². The molecule has 15 heavy (non-hydrogen) atoms. The zero-order valence-corrected chi connectivity index (χ0v) is 9.40. The third kappa shape index (κ3) is 3.36. The lowest BCUT2D eigenvalue weighted by Gasteiger charge is -2.08. The van der Waals surface area contributed by atoms with Crippen LogP contribution in [0, 0.1) is 6.92 Å². The van der Waals surface area contributed by atoms with Gasteiger partial charge in [-0.1, -0.05) is 0 Å². The predicted octanol–water partition coefficient (Wildman–Crippen LogP) is 0.841. The van der Waals surface area contributed by atoms with E-state index in [0.29, 0.717) is 11.3 Å². The van der Waals surface area contributed by atoms with Crippen LogP contribution in [0.3, 0.4) is 0 Å². The highest BCUT2D eigenvalue weighted by atomic mass is 16.4. The van der Waals surface area contributed by atoms with Crippen molar-refractivity contribution in [2.75, 3.05) is 20.6 Å². The highest BCUT2D eigenvalue weighted by Gasteiger charge is 2.11. The van der Waals surface area contributed by atoms with Gasteiger partial charge in [0.25, 0.3) is 0 Å². The van der Waals surface area contributed by atoms with Crippen LogP contribution in [0.2, 0.25) is 0 Å². The second kappa shape index (κ2) is 4.93. The Morgan fingerprint density at radius 2 is 2.27 bits per heavy atom. The van der Waals surface area contributed by atoms with Gasteiger partial charge in [-0.2, -0.15) is 5.10 Å². The minimum absolute atomic E-state index is 0.292. The number of nitrogens with zero attached hydrogens (tertiary/aromatic N) is 3. The van der Waals surface area contributed by atoms with Crippen molar-refractivity contribution in [2.24, 2.45) is 0 Å². The zero-order valence-electron chi connectivity index (χ0n) is 9.40. The fourth-order valence-electron chi connectivity index (χ4n) is 1.39. The van der Waals surface area contributed by atoms with E-state index in [1.165, 1.54) is 0 Å². The maximum absolute atomic E-state index is 10.8. The first-order valence-electron chi connectivity index (χ1n) is 4.93. The molecule has 0 radical (unpaired) electrons. The Bertz CT molecular complexity index is 344. The maximum atomic E-state index is 10.8. The van der Waals surface area contributed by atoms with E-state index < -0.39 is 5.97 Å². The zero-order chi connectivity index (χ0) is 11.4. The van der Waals surface area contributed by atoms with Crippen LogP contribution < -0.4 is 0 Å². The number of rotatable bonds is 5. The highest BCUT2D eigenvalue weighted by Crippen LogP contribution is 2.05. The molecule has 0 aliphatic rings. The first kappa shape index (κ1) is 11.7. The van der Waals surface area contributed by atoms with E-state index in [0.717, 1.165) is 19.5 Å². The van der Waals surface area contributed by atoms with Gasteiger partial charge in [0.1, 0.15) is 5.56 Å². The van der Waals surface area contributed by atoms with Gasteiger partial charge < -0.3 is 10.0 Å². The fourth-order valence-corrected chi connectivity index (χ4v) is 1.39. The number of aromatic nitrogens is 2. The summed E-state index contributed by atoms with van der Waals surface area (Å²) >= 11 is 0. The number of hydrogen-bond donors (Lipinski definition) is 1. The molecule has 1 rings (SSSR count). The summed E-state index contributed by atoms with van der Waals surface area (Å²) in [6.07, 6.45) is 2.56. The fraction of sp³-hybridized carbons (Fsp3) is 0.600. The maximum Gasteiger partial charge on any atom is 0.339 e. The molecule has 0 amide bonds. The molecule has 0 atom stereocenters. The normalized spacial score (nSPS) is 10.9. The quantitative estimate of drug-likeness (QED) is 0.784. The van der Waals surface area contributed by atoms with Gasteiger partial charge in [-0.05, 0) is 34.0 Å². The van der Waals surface area contributed by atoms with Crippen molar-refractivity contribution in [3.63, 3.8) is 0 Å². The van der Waals surface area contributed by atoms with E-state index in [4.69, 9.17) is 5.11 Å². The molecule has 0 bridgehead atoms. The van der Waals surface area contributed by atoms with Crippen LogP contribution in [0.4, 0.5) is 0 Å². The summed E-state index contributed by atoms with van der Waals surface area (Å²) in [5.74, 6) is -0.911. The lowest BCUT2D eigenvalue weighted by molar-refractivity contribution is 0.0696. The summed E-state index contributed by atoms with van der Waals surface area (Å²) in [6.45, 7) is 3.44. The van der Waals surface area contributed by atoms with Gasteiger partial charge in [-0.15, -0.1) is 0 Å². The monoisotopic (exact) mass is 211 g/mol. The summed E-state index contributed by atoms with van der Waals surface area (Å²) in [5.41, 5.74) is 0.868. The third-order valence-corrected chi connectivity index (χ3v) is 2.17. The molecule has 0 saturated heterocycles. The van der Waals surface area contributed by atoms with Crippen molar-refractivity contribution >= 4 is 5.97 Å². The molecule has 0 spiro atoms. The topological polar surface area (TPSA) is 58.4 Å². The Hall–Kier alpha value is -1.36. The molecule has 1 heterocycles. The van der Waals surface area contributed by atoms with Crippen molar-refractivity contribution in [3.05, 3.63) is 17.5 Å². The molecule has 0 unspecified atom stereocenters. The van der Waals surface area contributed by atoms with Gasteiger partial charge in [-0.3, -0.25) is 4.68 Å². The average Bonchev–Trinajstić information content (AvgIpc) is 2.46. The molecule has 84 valence electrons. The third-order valence-electron chi connectivity index (χ3n) is 2.17. The van der Waals surface area contributed by atoms with Crippen molar-refractivity contribution < 1.29 is 9.90 Å². The second-order valence-corrected chi connectivity index (χ2v) is 3.85. The van der Waals surface area contributed by atoms with Crippen LogP contribution >= 0.6 is 0 Å². The molecule has 0 aromatic carbocycles. The molecule has 0 aliphatic carbocycles. The number of aromatic carboxylic acids is 1. The number of aryl methyl sites for hydroxylation is 2. The SMILES string of the molecule is Cc1nn(CCCN(C)C)cc1C(=O)O. The van der Waals surface area contributed by atoms with Gasteiger partial charge in [0, 0.05) is 12.7 Å². The molecule has 1 N–H and O–H groups in total. The Morgan fingerprint density at radius 3 is 2.73 bits per heavy atom. The largest absolute Gasteiger partial charge is 0.478 e. The van der Waals surface area contributed by atoms with E-state index >= 15 is 0 Å². The molecular weight excluding hydrogens is 194 g/mol. The van der Waals surface area contributed by atoms with E-state index in [9.17, 15) is 4.79 Å². The lowest BCUT2D eigenvalue weighted by atomic mass is 10.3. The van der Waals surface area contributed by atoms with Gasteiger partial charge in [0.15, 0.2) is 0 Å². The number of carboxylic acids is 1. The van der Waals surface area contributed by atoms with Crippen LogP contribution in [0.5, 0.6) is 0 Å². The van der Waals surface area contributed by atoms with Gasteiger partial charge >= 0.3 is 5.97 Å². The van der Waals surface area contributed by atoms with Crippen molar-refractivity contribution in [1.82, 2.24) is 14.7 Å². The predicted molar refractivity (Wildman–Crippen MR) is 57.1 cm³/mol. The van der Waals surface area contributed by atoms with Crippen LogP contribution in [0.15, 0.2) is 6.20 Å². The Balaban J connectivity index is 2.56. The van der Waals surface area contributed by atoms with Crippen molar-refractivity contribution in [3.8, 4) is 0 Å². The molecular formula is C10H17N3O2. The highest BCUT2D eigenvalue weighted by molar-refractivity contribution is 5.88. The van der Waals surface area contributed by atoms with Gasteiger partial charge in [0.05, 0.1) is 5.69 Å². The van der Waals surface area contributed by atoms with Crippen LogP contribution in [-0.2, 0) is 6.54 Å². The molecule has 0 saturated carbocycles. The van der Waals surface area contributed by atoms with Gasteiger partial charge in [0.2, 0.25) is 0 Å². The smallest absolute Gasteiger partial charge is 0.339 e. The molecule has 5 heteroatoms. The number of carboxylic acid groups (broad SMARTS) is 1. The van der Waals surface area contributed by atoms with E-state index in [1.807, 2.05) is 14.1 Å². The molecule has 1 aromatic heterocycles. The molecule has 0 aliphatic heterocycles. The van der Waals surface area contributed by atoms with Crippen LogP contribution in [-0.4, -0.2) is 46.4 Å². The van der Waals surface area contributed by atoms with E-state index in [-0.39, 0.29) is 0 Å².